The number of nitrogens with two attached hydrogens (primary N) is 1. The van der Waals surface area contributed by atoms with E-state index in [2.05, 4.69) is 12.2 Å². The quantitative estimate of drug-likeness (QED) is 0.654. The molecule has 1 unspecified atom stereocenters. The zero-order valence-corrected chi connectivity index (χ0v) is 11.9. The molecule has 0 spiro atoms. The van der Waals surface area contributed by atoms with Crippen LogP contribution in [0.1, 0.15) is 71.1 Å². The van der Waals surface area contributed by atoms with Crippen LogP contribution in [0.25, 0.3) is 0 Å². The van der Waals surface area contributed by atoms with Gasteiger partial charge in [0.15, 0.2) is 0 Å². The summed E-state index contributed by atoms with van der Waals surface area (Å²) in [5.41, 5.74) is 5.44. The van der Waals surface area contributed by atoms with E-state index in [0.29, 0.717) is 18.4 Å². The molecule has 1 amide bonds. The van der Waals surface area contributed by atoms with Gasteiger partial charge in [0.1, 0.15) is 0 Å². The van der Waals surface area contributed by atoms with Crippen LogP contribution in [0.15, 0.2) is 0 Å². The Hall–Kier alpha value is -0.570. The van der Waals surface area contributed by atoms with E-state index in [1.165, 1.54) is 32.1 Å². The Balaban J connectivity index is 2.07. The second-order valence-corrected chi connectivity index (χ2v) is 5.71. The van der Waals surface area contributed by atoms with Gasteiger partial charge >= 0.3 is 0 Å². The molecule has 3 nitrogen and oxygen atoms in total. The highest BCUT2D eigenvalue weighted by Gasteiger charge is 2.20. The zero-order chi connectivity index (χ0) is 13.2. The van der Waals surface area contributed by atoms with Crippen molar-refractivity contribution in [3.8, 4) is 0 Å². The molecule has 1 saturated carbocycles. The molecule has 106 valence electrons. The van der Waals surface area contributed by atoms with Crippen molar-refractivity contribution in [1.82, 2.24) is 5.32 Å². The van der Waals surface area contributed by atoms with Gasteiger partial charge in [0.2, 0.25) is 5.91 Å². The monoisotopic (exact) mass is 254 g/mol. The lowest BCUT2D eigenvalue weighted by molar-refractivity contribution is -0.122. The van der Waals surface area contributed by atoms with E-state index in [-0.39, 0.29) is 5.91 Å². The first kappa shape index (κ1) is 15.5. The number of amides is 1. The average Bonchev–Trinajstić information content (AvgIpc) is 2.39. The molecule has 3 heteroatoms. The Kier molecular flexibility index (Phi) is 8.06. The van der Waals surface area contributed by atoms with E-state index in [1.54, 1.807) is 0 Å². The molecular weight excluding hydrogens is 224 g/mol. The lowest BCUT2D eigenvalue weighted by Crippen LogP contribution is -2.38. The molecule has 0 saturated heterocycles. The van der Waals surface area contributed by atoms with Crippen LogP contribution in [-0.2, 0) is 4.79 Å². The second-order valence-electron chi connectivity index (χ2n) is 5.71. The van der Waals surface area contributed by atoms with Gasteiger partial charge in [0.05, 0.1) is 0 Å². The minimum Gasteiger partial charge on any atom is -0.353 e. The van der Waals surface area contributed by atoms with Crippen molar-refractivity contribution in [3.05, 3.63) is 0 Å². The van der Waals surface area contributed by atoms with Crippen LogP contribution in [0.5, 0.6) is 0 Å². The number of carbonyl (C=O) groups is 1. The van der Waals surface area contributed by atoms with Crippen molar-refractivity contribution in [1.29, 1.82) is 0 Å². The average molecular weight is 254 g/mol. The van der Waals surface area contributed by atoms with Crippen molar-refractivity contribution < 1.29 is 4.79 Å². The standard InChI is InChI=1S/C15H30N2O/c1-13(14-9-5-4-6-10-14)17-15(18)11-7-2-3-8-12-16/h13-14H,2-12,16H2,1H3,(H,17,18). The maximum Gasteiger partial charge on any atom is 0.220 e. The van der Waals surface area contributed by atoms with Crippen LogP contribution in [0.4, 0.5) is 0 Å². The number of nitrogens with one attached hydrogen (secondary N) is 1. The van der Waals surface area contributed by atoms with Crippen molar-refractivity contribution in [3.63, 3.8) is 0 Å². The second kappa shape index (κ2) is 9.37. The lowest BCUT2D eigenvalue weighted by atomic mass is 9.84. The Morgan fingerprint density at radius 1 is 1.17 bits per heavy atom. The molecule has 0 heterocycles. The van der Waals surface area contributed by atoms with E-state index in [0.717, 1.165) is 32.2 Å². The van der Waals surface area contributed by atoms with Gasteiger partial charge in [0, 0.05) is 12.5 Å². The van der Waals surface area contributed by atoms with Crippen LogP contribution < -0.4 is 11.1 Å². The van der Waals surface area contributed by atoms with Crippen LogP contribution in [0.3, 0.4) is 0 Å². The Bertz CT molecular complexity index is 225. The van der Waals surface area contributed by atoms with Crippen LogP contribution in [0.2, 0.25) is 0 Å². The van der Waals surface area contributed by atoms with Gasteiger partial charge in [-0.1, -0.05) is 32.1 Å². The third-order valence-corrected chi connectivity index (χ3v) is 4.10. The largest absolute Gasteiger partial charge is 0.353 e. The van der Waals surface area contributed by atoms with Crippen LogP contribution >= 0.6 is 0 Å². The fraction of sp³-hybridized carbons (Fsp3) is 0.933. The van der Waals surface area contributed by atoms with Crippen molar-refractivity contribution in [2.75, 3.05) is 6.54 Å². The molecule has 1 aliphatic rings. The SMILES string of the molecule is CC(NC(=O)CCCCCCN)C1CCCCC1. The fourth-order valence-corrected chi connectivity index (χ4v) is 2.86. The zero-order valence-electron chi connectivity index (χ0n) is 11.9. The predicted molar refractivity (Wildman–Crippen MR) is 76.3 cm³/mol. The molecule has 1 atom stereocenters. The van der Waals surface area contributed by atoms with Gasteiger partial charge in [0.25, 0.3) is 0 Å². The minimum absolute atomic E-state index is 0.237. The summed E-state index contributed by atoms with van der Waals surface area (Å²) in [5.74, 6) is 0.945. The maximum absolute atomic E-state index is 11.8. The lowest BCUT2D eigenvalue weighted by Gasteiger charge is -2.28. The molecule has 0 aromatic heterocycles. The van der Waals surface area contributed by atoms with Crippen molar-refractivity contribution in [2.45, 2.75) is 77.2 Å². The van der Waals surface area contributed by atoms with E-state index >= 15 is 0 Å². The number of unbranched alkanes of at least 4 members (excludes halogenated alkanes) is 3. The van der Waals surface area contributed by atoms with Crippen LogP contribution in [-0.4, -0.2) is 18.5 Å². The summed E-state index contributed by atoms with van der Waals surface area (Å²) in [7, 11) is 0. The molecule has 0 bridgehead atoms. The van der Waals surface area contributed by atoms with E-state index in [9.17, 15) is 4.79 Å². The Labute approximate surface area is 112 Å². The molecule has 0 aromatic rings. The highest BCUT2D eigenvalue weighted by atomic mass is 16.1. The Morgan fingerprint density at radius 3 is 2.50 bits per heavy atom. The molecule has 0 aliphatic heterocycles. The van der Waals surface area contributed by atoms with Gasteiger partial charge in [-0.2, -0.15) is 0 Å². The first-order valence-electron chi connectivity index (χ1n) is 7.73. The van der Waals surface area contributed by atoms with Gasteiger partial charge in [-0.25, -0.2) is 0 Å². The topological polar surface area (TPSA) is 55.1 Å². The predicted octanol–water partition coefficient (Wildman–Crippen LogP) is 2.98. The van der Waals surface area contributed by atoms with Crippen molar-refractivity contribution >= 4 is 5.91 Å². The number of rotatable bonds is 8. The summed E-state index contributed by atoms with van der Waals surface area (Å²) >= 11 is 0. The first-order valence-corrected chi connectivity index (χ1v) is 7.73. The first-order chi connectivity index (χ1) is 8.74. The minimum atomic E-state index is 0.237. The molecule has 18 heavy (non-hydrogen) atoms. The molecular formula is C15H30N2O. The summed E-state index contributed by atoms with van der Waals surface area (Å²) in [6.07, 6.45) is 11.7. The van der Waals surface area contributed by atoms with E-state index in [4.69, 9.17) is 5.73 Å². The summed E-state index contributed by atoms with van der Waals surface area (Å²) in [6.45, 7) is 2.94. The third kappa shape index (κ3) is 6.39. The molecule has 1 fully saturated rings. The number of hydrogen-bond acceptors (Lipinski definition) is 2. The normalized spacial score (nSPS) is 18.6. The number of carbonyl (C=O) groups excluding carboxylic acids is 1. The Morgan fingerprint density at radius 2 is 1.83 bits per heavy atom. The van der Waals surface area contributed by atoms with Gasteiger partial charge in [-0.05, 0) is 45.1 Å². The van der Waals surface area contributed by atoms with Crippen molar-refractivity contribution in [2.24, 2.45) is 11.7 Å². The molecule has 0 aromatic carbocycles. The molecule has 0 radical (unpaired) electrons. The van der Waals surface area contributed by atoms with Gasteiger partial charge in [-0.3, -0.25) is 4.79 Å². The maximum atomic E-state index is 11.8. The summed E-state index contributed by atoms with van der Waals surface area (Å²) in [5, 5.41) is 3.18. The van der Waals surface area contributed by atoms with E-state index < -0.39 is 0 Å². The number of hydrogen-bond donors (Lipinski definition) is 2. The fourth-order valence-electron chi connectivity index (χ4n) is 2.86. The van der Waals surface area contributed by atoms with Crippen LogP contribution in [0, 0.1) is 5.92 Å². The summed E-state index contributed by atoms with van der Waals surface area (Å²) in [4.78, 5) is 11.8. The van der Waals surface area contributed by atoms with Gasteiger partial charge < -0.3 is 11.1 Å². The highest BCUT2D eigenvalue weighted by Crippen LogP contribution is 2.26. The van der Waals surface area contributed by atoms with Gasteiger partial charge in [-0.15, -0.1) is 0 Å². The molecule has 1 aliphatic carbocycles. The summed E-state index contributed by atoms with van der Waals surface area (Å²) < 4.78 is 0. The third-order valence-electron chi connectivity index (χ3n) is 4.10. The highest BCUT2D eigenvalue weighted by molar-refractivity contribution is 5.76. The molecule has 3 N–H and O–H groups in total. The molecule has 1 rings (SSSR count). The summed E-state index contributed by atoms with van der Waals surface area (Å²) in [6, 6.07) is 0.363. The van der Waals surface area contributed by atoms with E-state index in [1.807, 2.05) is 0 Å². The smallest absolute Gasteiger partial charge is 0.220 e.